The fraction of sp³-hybridized carbons (Fsp3) is 0.471. The summed E-state index contributed by atoms with van der Waals surface area (Å²) in [6, 6.07) is 4.56. The lowest BCUT2D eigenvalue weighted by Crippen LogP contribution is -2.51. The maximum atomic E-state index is 13.7. The number of aliphatic carboxylic acids is 1. The van der Waals surface area contributed by atoms with Crippen molar-refractivity contribution in [1.29, 1.82) is 0 Å². The number of hydrogen-bond donors (Lipinski definition) is 2. The van der Waals surface area contributed by atoms with Gasteiger partial charge in [0.15, 0.2) is 17.7 Å². The van der Waals surface area contributed by atoms with Crippen LogP contribution in [0.3, 0.4) is 0 Å². The fourth-order valence-corrected chi connectivity index (χ4v) is 2.17. The fourth-order valence-electron chi connectivity index (χ4n) is 2.17. The van der Waals surface area contributed by atoms with E-state index in [0.717, 1.165) is 4.90 Å². The number of halogens is 1. The highest BCUT2D eigenvalue weighted by molar-refractivity contribution is 5.86. The molecule has 0 aliphatic heterocycles. The van der Waals surface area contributed by atoms with E-state index in [1.807, 2.05) is 0 Å². The normalized spacial score (nSPS) is 12.8. The van der Waals surface area contributed by atoms with Crippen LogP contribution < -0.4 is 10.1 Å². The van der Waals surface area contributed by atoms with Crippen LogP contribution in [0.4, 0.5) is 4.39 Å². The third-order valence-corrected chi connectivity index (χ3v) is 3.59. The van der Waals surface area contributed by atoms with Crippen LogP contribution in [-0.4, -0.2) is 53.0 Å². The molecule has 0 aromatic heterocycles. The summed E-state index contributed by atoms with van der Waals surface area (Å²) in [6.45, 7) is 4.48. The first-order valence-corrected chi connectivity index (χ1v) is 7.96. The zero-order chi connectivity index (χ0) is 19.0. The molecule has 0 aliphatic rings. The SMILES string of the molecule is CCC(Oc1ccccc1F)C(=O)N(CCNC(C)=O)C(C)C(=O)O. The molecule has 0 bridgehead atoms. The lowest BCUT2D eigenvalue weighted by atomic mass is 10.2. The number of carbonyl (C=O) groups excluding carboxylic acids is 2. The molecular weight excluding hydrogens is 331 g/mol. The van der Waals surface area contributed by atoms with Gasteiger partial charge in [0.2, 0.25) is 5.91 Å². The van der Waals surface area contributed by atoms with Crippen molar-refractivity contribution in [1.82, 2.24) is 10.2 Å². The van der Waals surface area contributed by atoms with Crippen LogP contribution in [0.15, 0.2) is 24.3 Å². The van der Waals surface area contributed by atoms with E-state index in [1.54, 1.807) is 13.0 Å². The van der Waals surface area contributed by atoms with E-state index in [-0.39, 0.29) is 31.2 Å². The minimum Gasteiger partial charge on any atom is -0.480 e. The number of carboxylic acid groups (broad SMARTS) is 1. The van der Waals surface area contributed by atoms with Crippen LogP contribution in [0.2, 0.25) is 0 Å². The molecule has 2 atom stereocenters. The minimum absolute atomic E-state index is 0.00299. The Bertz CT molecular complexity index is 623. The van der Waals surface area contributed by atoms with Gasteiger partial charge in [0.05, 0.1) is 0 Å². The number of amides is 2. The van der Waals surface area contributed by atoms with Crippen molar-refractivity contribution in [2.24, 2.45) is 0 Å². The second-order valence-electron chi connectivity index (χ2n) is 5.47. The van der Waals surface area contributed by atoms with E-state index in [2.05, 4.69) is 5.32 Å². The monoisotopic (exact) mass is 354 g/mol. The number of ether oxygens (including phenoxy) is 1. The number of carboxylic acids is 1. The highest BCUT2D eigenvalue weighted by Gasteiger charge is 2.31. The molecule has 7 nitrogen and oxygen atoms in total. The van der Waals surface area contributed by atoms with Crippen LogP contribution in [0, 0.1) is 5.82 Å². The van der Waals surface area contributed by atoms with Crippen molar-refractivity contribution < 1.29 is 28.6 Å². The predicted molar refractivity (Wildman–Crippen MR) is 88.6 cm³/mol. The number of benzene rings is 1. The number of carbonyl (C=O) groups is 3. The Morgan fingerprint density at radius 2 is 1.96 bits per heavy atom. The Labute approximate surface area is 145 Å². The highest BCUT2D eigenvalue weighted by Crippen LogP contribution is 2.19. The number of nitrogens with zero attached hydrogens (tertiary/aromatic N) is 1. The van der Waals surface area contributed by atoms with Crippen molar-refractivity contribution >= 4 is 17.8 Å². The largest absolute Gasteiger partial charge is 0.480 e. The van der Waals surface area contributed by atoms with E-state index in [0.29, 0.717) is 0 Å². The van der Waals surface area contributed by atoms with Crippen LogP contribution in [0.25, 0.3) is 0 Å². The first-order chi connectivity index (χ1) is 11.8. The summed E-state index contributed by atoms with van der Waals surface area (Å²) in [4.78, 5) is 36.1. The van der Waals surface area contributed by atoms with Gasteiger partial charge in [-0.05, 0) is 25.5 Å². The van der Waals surface area contributed by atoms with Gasteiger partial charge in [0, 0.05) is 20.0 Å². The number of hydrogen-bond acceptors (Lipinski definition) is 4. The highest BCUT2D eigenvalue weighted by atomic mass is 19.1. The van der Waals surface area contributed by atoms with Crippen molar-refractivity contribution in [2.75, 3.05) is 13.1 Å². The Hall–Kier alpha value is -2.64. The minimum atomic E-state index is -1.18. The standard InChI is InChI=1S/C17H23FN2O5/c1-4-14(25-15-8-6-5-7-13(15)18)16(22)20(11(2)17(23)24)10-9-19-12(3)21/h5-8,11,14H,4,9-10H2,1-3H3,(H,19,21)(H,23,24). The summed E-state index contributed by atoms with van der Waals surface area (Å²) in [6.07, 6.45) is -0.799. The first-order valence-electron chi connectivity index (χ1n) is 7.96. The first kappa shape index (κ1) is 20.4. The zero-order valence-electron chi connectivity index (χ0n) is 14.5. The summed E-state index contributed by atoms with van der Waals surface area (Å²) in [5.41, 5.74) is 0. The lowest BCUT2D eigenvalue weighted by molar-refractivity contribution is -0.152. The summed E-state index contributed by atoms with van der Waals surface area (Å²) < 4.78 is 19.2. The van der Waals surface area contributed by atoms with Gasteiger partial charge in [-0.1, -0.05) is 19.1 Å². The molecule has 2 N–H and O–H groups in total. The molecule has 0 radical (unpaired) electrons. The van der Waals surface area contributed by atoms with Crippen LogP contribution in [0.5, 0.6) is 5.75 Å². The molecule has 8 heteroatoms. The quantitative estimate of drug-likeness (QED) is 0.699. The smallest absolute Gasteiger partial charge is 0.326 e. The molecular formula is C17H23FN2O5. The van der Waals surface area contributed by atoms with Gasteiger partial charge < -0.3 is 20.1 Å². The molecule has 0 aliphatic carbocycles. The Kier molecular flexibility index (Phi) is 7.84. The van der Waals surface area contributed by atoms with Gasteiger partial charge in [-0.2, -0.15) is 0 Å². The zero-order valence-corrected chi connectivity index (χ0v) is 14.5. The van der Waals surface area contributed by atoms with Gasteiger partial charge in [0.1, 0.15) is 6.04 Å². The van der Waals surface area contributed by atoms with Gasteiger partial charge in [-0.25, -0.2) is 9.18 Å². The summed E-state index contributed by atoms with van der Waals surface area (Å²) in [5.74, 6) is -2.73. The Balaban J connectivity index is 2.93. The van der Waals surface area contributed by atoms with Gasteiger partial charge in [-0.3, -0.25) is 9.59 Å². The molecule has 0 spiro atoms. The van der Waals surface area contributed by atoms with E-state index in [1.165, 1.54) is 32.0 Å². The third-order valence-electron chi connectivity index (χ3n) is 3.59. The van der Waals surface area contributed by atoms with E-state index in [9.17, 15) is 23.9 Å². The molecule has 1 aromatic rings. The topological polar surface area (TPSA) is 95.9 Å². The maximum absolute atomic E-state index is 13.7. The molecule has 0 saturated heterocycles. The van der Waals surface area contributed by atoms with Gasteiger partial charge in [0.25, 0.3) is 5.91 Å². The third kappa shape index (κ3) is 6.06. The average Bonchev–Trinajstić information content (AvgIpc) is 2.56. The second kappa shape index (κ2) is 9.61. The van der Waals surface area contributed by atoms with Gasteiger partial charge >= 0.3 is 5.97 Å². The molecule has 0 fully saturated rings. The van der Waals surface area contributed by atoms with E-state index < -0.39 is 29.8 Å². The molecule has 1 aromatic carbocycles. The van der Waals surface area contributed by atoms with Crippen molar-refractivity contribution in [3.8, 4) is 5.75 Å². The van der Waals surface area contributed by atoms with Gasteiger partial charge in [-0.15, -0.1) is 0 Å². The number of para-hydroxylation sites is 1. The van der Waals surface area contributed by atoms with Crippen LogP contribution in [0.1, 0.15) is 27.2 Å². The number of rotatable bonds is 9. The Morgan fingerprint density at radius 1 is 1.32 bits per heavy atom. The molecule has 2 unspecified atom stereocenters. The van der Waals surface area contributed by atoms with E-state index >= 15 is 0 Å². The summed E-state index contributed by atoms with van der Waals surface area (Å²) in [7, 11) is 0. The maximum Gasteiger partial charge on any atom is 0.326 e. The molecule has 2 amide bonds. The van der Waals surface area contributed by atoms with Crippen molar-refractivity contribution in [3.05, 3.63) is 30.1 Å². The molecule has 25 heavy (non-hydrogen) atoms. The van der Waals surface area contributed by atoms with Crippen LogP contribution >= 0.6 is 0 Å². The molecule has 0 saturated carbocycles. The predicted octanol–water partition coefficient (Wildman–Crippen LogP) is 1.42. The average molecular weight is 354 g/mol. The molecule has 1 rings (SSSR count). The van der Waals surface area contributed by atoms with Crippen LogP contribution in [-0.2, 0) is 14.4 Å². The molecule has 0 heterocycles. The summed E-state index contributed by atoms with van der Waals surface area (Å²) in [5, 5.41) is 11.7. The van der Waals surface area contributed by atoms with Crippen molar-refractivity contribution in [3.63, 3.8) is 0 Å². The van der Waals surface area contributed by atoms with E-state index in [4.69, 9.17) is 4.74 Å². The number of nitrogens with one attached hydrogen (secondary N) is 1. The summed E-state index contributed by atoms with van der Waals surface area (Å²) >= 11 is 0. The second-order valence-corrected chi connectivity index (χ2v) is 5.47. The Morgan fingerprint density at radius 3 is 2.48 bits per heavy atom. The molecule has 138 valence electrons. The van der Waals surface area contributed by atoms with Crippen molar-refractivity contribution in [2.45, 2.75) is 39.3 Å². The lowest BCUT2D eigenvalue weighted by Gasteiger charge is -2.30.